The van der Waals surface area contributed by atoms with Gasteiger partial charge in [0.15, 0.2) is 5.16 Å². The van der Waals surface area contributed by atoms with Crippen molar-refractivity contribution in [1.82, 2.24) is 20.6 Å². The highest BCUT2D eigenvalue weighted by atomic mass is 32.2. The Morgan fingerprint density at radius 3 is 2.64 bits per heavy atom. The molecule has 0 fully saturated rings. The summed E-state index contributed by atoms with van der Waals surface area (Å²) in [6.07, 6.45) is 1.92. The second kappa shape index (κ2) is 10.1. The molecule has 0 bridgehead atoms. The molecule has 2 rings (SSSR count). The Labute approximate surface area is 173 Å². The van der Waals surface area contributed by atoms with Crippen molar-refractivity contribution >= 4 is 45.1 Å². The zero-order chi connectivity index (χ0) is 20.8. The Kier molecular flexibility index (Phi) is 8.06. The number of thiophene rings is 1. The number of rotatable bonds is 9. The lowest BCUT2D eigenvalue weighted by molar-refractivity contribution is -0.127. The van der Waals surface area contributed by atoms with Crippen molar-refractivity contribution in [3.8, 4) is 0 Å². The molecule has 0 unspecified atom stereocenters. The number of aromatic nitrogens is 2. The van der Waals surface area contributed by atoms with Gasteiger partial charge in [-0.3, -0.25) is 14.4 Å². The molecule has 3 N–H and O–H groups in total. The average molecular weight is 425 g/mol. The molecule has 154 valence electrons. The fourth-order valence-corrected chi connectivity index (χ4v) is 4.56. The van der Waals surface area contributed by atoms with E-state index in [1.54, 1.807) is 6.92 Å². The lowest BCUT2D eigenvalue weighted by Gasteiger charge is -2.12. The first-order valence-electron chi connectivity index (χ1n) is 9.48. The van der Waals surface area contributed by atoms with Crippen LogP contribution in [0, 0.1) is 12.8 Å². The number of carbonyl (C=O) groups is 2. The third-order valence-electron chi connectivity index (χ3n) is 4.55. The Balaban J connectivity index is 2.09. The molecule has 0 radical (unpaired) electrons. The molecule has 0 aromatic carbocycles. The molecule has 2 aromatic rings. The monoisotopic (exact) mass is 424 g/mol. The zero-order valence-electron chi connectivity index (χ0n) is 17.0. The summed E-state index contributed by atoms with van der Waals surface area (Å²) in [6.45, 7) is 10.3. The predicted octanol–water partition coefficient (Wildman–Crippen LogP) is 2.61. The second-order valence-corrected chi connectivity index (χ2v) is 9.05. The second-order valence-electron chi connectivity index (χ2n) is 6.88. The molecule has 0 spiro atoms. The topological polar surface area (TPSA) is 104 Å². The van der Waals surface area contributed by atoms with Gasteiger partial charge in [-0.2, -0.15) is 0 Å². The van der Waals surface area contributed by atoms with Gasteiger partial charge >= 0.3 is 0 Å². The minimum atomic E-state index is -0.606. The van der Waals surface area contributed by atoms with E-state index >= 15 is 0 Å². The van der Waals surface area contributed by atoms with E-state index in [1.165, 1.54) is 11.3 Å². The number of hydrogen-bond donors (Lipinski definition) is 3. The first-order valence-corrected chi connectivity index (χ1v) is 11.3. The lowest BCUT2D eigenvalue weighted by atomic mass is 9.98. The molecule has 0 saturated carbocycles. The molecule has 2 atom stereocenters. The van der Waals surface area contributed by atoms with Gasteiger partial charge in [0, 0.05) is 11.4 Å². The van der Waals surface area contributed by atoms with Crippen molar-refractivity contribution in [2.75, 3.05) is 12.3 Å². The minimum absolute atomic E-state index is 0.0717. The molecule has 2 amide bonds. The molecule has 9 heteroatoms. The van der Waals surface area contributed by atoms with E-state index in [2.05, 4.69) is 34.4 Å². The predicted molar refractivity (Wildman–Crippen MR) is 115 cm³/mol. The molecular weight excluding hydrogens is 396 g/mol. The van der Waals surface area contributed by atoms with Gasteiger partial charge in [0.25, 0.3) is 5.56 Å². The third kappa shape index (κ3) is 5.57. The maximum atomic E-state index is 12.6. The fourth-order valence-electron chi connectivity index (χ4n) is 2.77. The van der Waals surface area contributed by atoms with Crippen LogP contribution in [0.15, 0.2) is 9.95 Å². The number of aromatic amines is 1. The van der Waals surface area contributed by atoms with Crippen LogP contribution in [-0.4, -0.2) is 40.1 Å². The largest absolute Gasteiger partial charge is 0.355 e. The summed E-state index contributed by atoms with van der Waals surface area (Å²) in [6, 6.07) is -0.606. The number of likely N-dealkylation sites (N-methyl/N-ethyl adjacent to an activating group) is 1. The number of aryl methyl sites for hydroxylation is 1. The summed E-state index contributed by atoms with van der Waals surface area (Å²) in [7, 11) is 0. The van der Waals surface area contributed by atoms with Gasteiger partial charge in [0.2, 0.25) is 11.8 Å². The van der Waals surface area contributed by atoms with E-state index in [-0.39, 0.29) is 23.1 Å². The van der Waals surface area contributed by atoms with Crippen molar-refractivity contribution in [3.63, 3.8) is 0 Å². The standard InChI is InChI=1S/C19H28N4O3S2/c1-6-10(3)8-13-12(5)28-18-15(13)17(26)22-19(23-18)27-9-14(24)21-11(4)16(25)20-7-2/h10-11H,6-9H2,1-5H3,(H,20,25)(H,21,24)(H,22,23,26)/t10-,11-/m0/s1. The van der Waals surface area contributed by atoms with E-state index in [1.807, 2.05) is 13.8 Å². The Hall–Kier alpha value is -1.87. The first-order chi connectivity index (χ1) is 13.3. The molecule has 0 aliphatic carbocycles. The van der Waals surface area contributed by atoms with Gasteiger partial charge in [0.1, 0.15) is 10.9 Å². The summed E-state index contributed by atoms with van der Waals surface area (Å²) < 4.78 is 0. The van der Waals surface area contributed by atoms with E-state index < -0.39 is 6.04 Å². The summed E-state index contributed by atoms with van der Waals surface area (Å²) in [5, 5.41) is 6.38. The number of carbonyl (C=O) groups excluding carboxylic acids is 2. The normalized spacial score (nSPS) is 13.3. The van der Waals surface area contributed by atoms with Crippen LogP contribution in [0.4, 0.5) is 0 Å². The smallest absolute Gasteiger partial charge is 0.260 e. The number of hydrogen-bond acceptors (Lipinski definition) is 6. The van der Waals surface area contributed by atoms with Crippen molar-refractivity contribution in [3.05, 3.63) is 20.8 Å². The molecule has 2 heterocycles. The quantitative estimate of drug-likeness (QED) is 0.424. The number of nitrogens with one attached hydrogen (secondary N) is 3. The minimum Gasteiger partial charge on any atom is -0.355 e. The van der Waals surface area contributed by atoms with Crippen molar-refractivity contribution in [2.45, 2.75) is 58.7 Å². The van der Waals surface area contributed by atoms with Gasteiger partial charge in [-0.25, -0.2) is 4.98 Å². The Morgan fingerprint density at radius 1 is 1.29 bits per heavy atom. The third-order valence-corrected chi connectivity index (χ3v) is 6.47. The molecular formula is C19H28N4O3S2. The number of amides is 2. The van der Waals surface area contributed by atoms with Gasteiger partial charge in [0.05, 0.1) is 11.1 Å². The van der Waals surface area contributed by atoms with E-state index in [4.69, 9.17) is 0 Å². The Bertz CT molecular complexity index is 906. The van der Waals surface area contributed by atoms with Gasteiger partial charge < -0.3 is 15.6 Å². The summed E-state index contributed by atoms with van der Waals surface area (Å²) >= 11 is 2.67. The number of fused-ring (bicyclic) bond motifs is 1. The molecule has 0 aliphatic rings. The zero-order valence-corrected chi connectivity index (χ0v) is 18.6. The summed E-state index contributed by atoms with van der Waals surface area (Å²) in [5.74, 6) is 0.0611. The number of thioether (sulfide) groups is 1. The van der Waals surface area contributed by atoms with Crippen LogP contribution < -0.4 is 16.2 Å². The first kappa shape index (κ1) is 22.4. The molecule has 2 aromatic heterocycles. The Morgan fingerprint density at radius 2 is 2.00 bits per heavy atom. The SMILES string of the molecule is CCNC(=O)[C@H](C)NC(=O)CSc1nc2sc(C)c(C[C@@H](C)CC)c2c(=O)[nH]1. The van der Waals surface area contributed by atoms with E-state index in [0.717, 1.165) is 35.0 Å². The summed E-state index contributed by atoms with van der Waals surface area (Å²) in [4.78, 5) is 45.5. The highest BCUT2D eigenvalue weighted by molar-refractivity contribution is 7.99. The van der Waals surface area contributed by atoms with Crippen LogP contribution in [0.25, 0.3) is 10.2 Å². The average Bonchev–Trinajstić information content (AvgIpc) is 2.95. The fraction of sp³-hybridized carbons (Fsp3) is 0.579. The number of H-pyrrole nitrogens is 1. The van der Waals surface area contributed by atoms with Crippen LogP contribution in [0.3, 0.4) is 0 Å². The van der Waals surface area contributed by atoms with Crippen LogP contribution in [0.2, 0.25) is 0 Å². The molecule has 28 heavy (non-hydrogen) atoms. The van der Waals surface area contributed by atoms with Crippen LogP contribution in [0.1, 0.15) is 44.6 Å². The van der Waals surface area contributed by atoms with E-state index in [9.17, 15) is 14.4 Å². The summed E-state index contributed by atoms with van der Waals surface area (Å²) in [5.41, 5.74) is 0.916. The van der Waals surface area contributed by atoms with Crippen molar-refractivity contribution in [2.24, 2.45) is 5.92 Å². The number of nitrogens with zero attached hydrogens (tertiary/aromatic N) is 1. The highest BCUT2D eigenvalue weighted by Crippen LogP contribution is 2.30. The maximum Gasteiger partial charge on any atom is 0.260 e. The maximum absolute atomic E-state index is 12.6. The van der Waals surface area contributed by atoms with Gasteiger partial charge in [-0.1, -0.05) is 32.0 Å². The van der Waals surface area contributed by atoms with Crippen LogP contribution in [-0.2, 0) is 16.0 Å². The van der Waals surface area contributed by atoms with Crippen molar-refractivity contribution in [1.29, 1.82) is 0 Å². The molecule has 7 nitrogen and oxygen atoms in total. The van der Waals surface area contributed by atoms with E-state index in [0.29, 0.717) is 27.8 Å². The van der Waals surface area contributed by atoms with Gasteiger partial charge in [-0.15, -0.1) is 11.3 Å². The lowest BCUT2D eigenvalue weighted by Crippen LogP contribution is -2.45. The highest BCUT2D eigenvalue weighted by Gasteiger charge is 2.18. The molecule has 0 saturated heterocycles. The van der Waals surface area contributed by atoms with Gasteiger partial charge in [-0.05, 0) is 38.7 Å². The van der Waals surface area contributed by atoms with Crippen LogP contribution in [0.5, 0.6) is 0 Å². The molecule has 0 aliphatic heterocycles. The van der Waals surface area contributed by atoms with Crippen LogP contribution >= 0.6 is 23.1 Å². The van der Waals surface area contributed by atoms with Crippen molar-refractivity contribution < 1.29 is 9.59 Å².